The third-order valence-electron chi connectivity index (χ3n) is 5.98. The Kier molecular flexibility index (Phi) is 7.48. The first-order valence-electron chi connectivity index (χ1n) is 10.6. The van der Waals surface area contributed by atoms with Crippen molar-refractivity contribution < 1.29 is 18.1 Å². The summed E-state index contributed by atoms with van der Waals surface area (Å²) in [6, 6.07) is 4.33. The topological polar surface area (TPSA) is 102 Å². The number of nitrogens with zero attached hydrogens (tertiary/aromatic N) is 2. The first kappa shape index (κ1) is 22.0. The van der Waals surface area contributed by atoms with Crippen LogP contribution in [0.5, 0.6) is 0 Å². The molecule has 2 fully saturated rings. The van der Waals surface area contributed by atoms with Crippen molar-refractivity contribution in [3.8, 4) is 0 Å². The maximum atomic E-state index is 13.0. The Balaban J connectivity index is 1.85. The van der Waals surface area contributed by atoms with Gasteiger partial charge < -0.3 is 10.1 Å². The standard InChI is InChI=1S/C20H31N3O5S/c1-2-18(16-9-13-28-14-10-16)21-19-8-7-17(15-20(19)23(24)25)29(26,27)22-11-5-3-4-6-12-22/h7-8,15-16,18,21H,2-6,9-14H2,1H3/t18-/m0/s1. The van der Waals surface area contributed by atoms with E-state index in [-0.39, 0.29) is 16.6 Å². The van der Waals surface area contributed by atoms with Crippen LogP contribution in [0.3, 0.4) is 0 Å². The van der Waals surface area contributed by atoms with Crippen LogP contribution in [-0.4, -0.2) is 50.0 Å². The number of benzene rings is 1. The molecule has 3 rings (SSSR count). The Morgan fingerprint density at radius 2 is 1.86 bits per heavy atom. The molecular formula is C20H31N3O5S. The van der Waals surface area contributed by atoms with Crippen molar-refractivity contribution in [3.63, 3.8) is 0 Å². The third kappa shape index (κ3) is 5.26. The van der Waals surface area contributed by atoms with Gasteiger partial charge in [-0.15, -0.1) is 0 Å². The highest BCUT2D eigenvalue weighted by molar-refractivity contribution is 7.89. The maximum Gasteiger partial charge on any atom is 0.293 e. The van der Waals surface area contributed by atoms with Crippen molar-refractivity contribution in [1.29, 1.82) is 0 Å². The summed E-state index contributed by atoms with van der Waals surface area (Å²) >= 11 is 0. The van der Waals surface area contributed by atoms with E-state index in [0.29, 0.717) is 37.9 Å². The zero-order valence-electron chi connectivity index (χ0n) is 17.0. The molecule has 162 valence electrons. The fourth-order valence-corrected chi connectivity index (χ4v) is 5.78. The van der Waals surface area contributed by atoms with Crippen molar-refractivity contribution in [3.05, 3.63) is 28.3 Å². The van der Waals surface area contributed by atoms with Gasteiger partial charge in [0.15, 0.2) is 0 Å². The average Bonchev–Trinajstić information content (AvgIpc) is 3.02. The van der Waals surface area contributed by atoms with Crippen molar-refractivity contribution >= 4 is 21.4 Å². The van der Waals surface area contributed by atoms with E-state index in [4.69, 9.17) is 4.74 Å². The van der Waals surface area contributed by atoms with E-state index in [1.54, 1.807) is 6.07 Å². The molecule has 2 saturated heterocycles. The monoisotopic (exact) mass is 425 g/mol. The summed E-state index contributed by atoms with van der Waals surface area (Å²) in [6.45, 7) is 4.41. The van der Waals surface area contributed by atoms with Gasteiger partial charge in [-0.05, 0) is 50.2 Å². The number of hydrogen-bond acceptors (Lipinski definition) is 6. The second-order valence-corrected chi connectivity index (χ2v) is 9.80. The molecule has 1 N–H and O–H groups in total. The Morgan fingerprint density at radius 1 is 1.21 bits per heavy atom. The molecule has 2 aliphatic heterocycles. The highest BCUT2D eigenvalue weighted by atomic mass is 32.2. The molecule has 1 atom stereocenters. The van der Waals surface area contributed by atoms with Gasteiger partial charge in [-0.2, -0.15) is 4.31 Å². The lowest BCUT2D eigenvalue weighted by Crippen LogP contribution is -2.33. The van der Waals surface area contributed by atoms with Gasteiger partial charge in [0.05, 0.1) is 9.82 Å². The maximum absolute atomic E-state index is 13.0. The fourth-order valence-electron chi connectivity index (χ4n) is 4.25. The van der Waals surface area contributed by atoms with E-state index >= 15 is 0 Å². The molecule has 1 aromatic rings. The van der Waals surface area contributed by atoms with E-state index in [1.165, 1.54) is 16.4 Å². The highest BCUT2D eigenvalue weighted by Crippen LogP contribution is 2.32. The summed E-state index contributed by atoms with van der Waals surface area (Å²) in [5, 5.41) is 15.0. The zero-order valence-corrected chi connectivity index (χ0v) is 17.8. The first-order chi connectivity index (χ1) is 13.9. The Labute approximate surface area is 172 Å². The summed E-state index contributed by atoms with van der Waals surface area (Å²) in [7, 11) is -3.73. The van der Waals surface area contributed by atoms with E-state index in [1.807, 2.05) is 0 Å². The summed E-state index contributed by atoms with van der Waals surface area (Å²) < 4.78 is 32.9. The summed E-state index contributed by atoms with van der Waals surface area (Å²) in [6.07, 6.45) is 6.34. The van der Waals surface area contributed by atoms with Crippen molar-refractivity contribution in [1.82, 2.24) is 4.31 Å². The van der Waals surface area contributed by atoms with Gasteiger partial charge in [0, 0.05) is 38.4 Å². The normalized spacial score (nSPS) is 20.7. The largest absolute Gasteiger partial charge is 0.381 e. The summed E-state index contributed by atoms with van der Waals surface area (Å²) in [5.41, 5.74) is 0.189. The molecule has 29 heavy (non-hydrogen) atoms. The van der Waals surface area contributed by atoms with E-state index in [0.717, 1.165) is 44.9 Å². The van der Waals surface area contributed by atoms with Crippen LogP contribution in [0.4, 0.5) is 11.4 Å². The van der Waals surface area contributed by atoms with E-state index in [2.05, 4.69) is 12.2 Å². The molecule has 2 aliphatic rings. The van der Waals surface area contributed by atoms with Crippen LogP contribution in [-0.2, 0) is 14.8 Å². The molecule has 2 heterocycles. The summed E-state index contributed by atoms with van der Waals surface area (Å²) in [5.74, 6) is 0.383. The molecule has 1 aromatic carbocycles. The van der Waals surface area contributed by atoms with Crippen LogP contribution >= 0.6 is 0 Å². The van der Waals surface area contributed by atoms with Crippen LogP contribution in [0.25, 0.3) is 0 Å². The van der Waals surface area contributed by atoms with Crippen molar-refractivity contribution in [2.45, 2.75) is 62.8 Å². The number of rotatable bonds is 7. The SMILES string of the molecule is CC[C@H](Nc1ccc(S(=O)(=O)N2CCCCCC2)cc1[N+](=O)[O-])C1CCOCC1. The van der Waals surface area contributed by atoms with Crippen LogP contribution in [0.15, 0.2) is 23.1 Å². The lowest BCUT2D eigenvalue weighted by atomic mass is 9.90. The number of nitro groups is 1. The number of sulfonamides is 1. The van der Waals surface area contributed by atoms with E-state index in [9.17, 15) is 18.5 Å². The minimum Gasteiger partial charge on any atom is -0.381 e. The van der Waals surface area contributed by atoms with Gasteiger partial charge in [-0.3, -0.25) is 10.1 Å². The Hall–Kier alpha value is -1.71. The Bertz CT molecular complexity index is 800. The highest BCUT2D eigenvalue weighted by Gasteiger charge is 2.29. The van der Waals surface area contributed by atoms with Gasteiger partial charge in [-0.25, -0.2) is 8.42 Å². The van der Waals surface area contributed by atoms with Gasteiger partial charge in [0.2, 0.25) is 10.0 Å². The van der Waals surface area contributed by atoms with Gasteiger partial charge in [-0.1, -0.05) is 19.8 Å². The summed E-state index contributed by atoms with van der Waals surface area (Å²) in [4.78, 5) is 11.2. The molecule has 0 saturated carbocycles. The number of hydrogen-bond donors (Lipinski definition) is 1. The predicted octanol–water partition coefficient (Wildman–Crippen LogP) is 3.78. The first-order valence-corrected chi connectivity index (χ1v) is 12.0. The minimum atomic E-state index is -3.73. The smallest absolute Gasteiger partial charge is 0.293 e. The molecule has 0 aromatic heterocycles. The van der Waals surface area contributed by atoms with Crippen LogP contribution < -0.4 is 5.32 Å². The molecule has 0 bridgehead atoms. The molecule has 8 nitrogen and oxygen atoms in total. The molecule has 0 aliphatic carbocycles. The zero-order chi connectivity index (χ0) is 20.9. The van der Waals surface area contributed by atoms with Gasteiger partial charge in [0.25, 0.3) is 5.69 Å². The average molecular weight is 426 g/mol. The molecular weight excluding hydrogens is 394 g/mol. The number of nitro benzene ring substituents is 1. The molecule has 0 amide bonds. The van der Waals surface area contributed by atoms with Crippen LogP contribution in [0.2, 0.25) is 0 Å². The number of ether oxygens (including phenoxy) is 1. The van der Waals surface area contributed by atoms with Crippen molar-refractivity contribution in [2.75, 3.05) is 31.6 Å². The van der Waals surface area contributed by atoms with Crippen LogP contribution in [0.1, 0.15) is 51.9 Å². The number of anilines is 1. The van der Waals surface area contributed by atoms with Gasteiger partial charge in [0.1, 0.15) is 5.69 Å². The second kappa shape index (κ2) is 9.86. The molecule has 0 radical (unpaired) electrons. The quantitative estimate of drug-likeness (QED) is 0.527. The third-order valence-corrected chi connectivity index (χ3v) is 7.88. The van der Waals surface area contributed by atoms with Crippen molar-refractivity contribution in [2.24, 2.45) is 5.92 Å². The predicted molar refractivity (Wildman–Crippen MR) is 112 cm³/mol. The fraction of sp³-hybridized carbons (Fsp3) is 0.700. The lowest BCUT2D eigenvalue weighted by molar-refractivity contribution is -0.384. The molecule has 0 spiro atoms. The van der Waals surface area contributed by atoms with Crippen LogP contribution in [0, 0.1) is 16.0 Å². The number of nitrogens with one attached hydrogen (secondary N) is 1. The molecule has 0 unspecified atom stereocenters. The van der Waals surface area contributed by atoms with Gasteiger partial charge >= 0.3 is 0 Å². The lowest BCUT2D eigenvalue weighted by Gasteiger charge is -2.31. The minimum absolute atomic E-state index is 0.00392. The molecule has 9 heteroatoms. The second-order valence-electron chi connectivity index (χ2n) is 7.86. The van der Waals surface area contributed by atoms with E-state index < -0.39 is 14.9 Å². The Morgan fingerprint density at radius 3 is 2.45 bits per heavy atom.